The number of nitrogens with one attached hydrogen (secondary N) is 4. The molecule has 32 heavy (non-hydrogen) atoms. The first-order valence-corrected chi connectivity index (χ1v) is 10.7. The lowest BCUT2D eigenvalue weighted by Crippen LogP contribution is -2.58. The molecule has 10 nitrogen and oxygen atoms in total. The number of amides is 3. The van der Waals surface area contributed by atoms with Crippen LogP contribution < -0.4 is 21.3 Å². The van der Waals surface area contributed by atoms with Crippen molar-refractivity contribution < 1.29 is 29.4 Å². The average molecular weight is 449 g/mol. The van der Waals surface area contributed by atoms with Crippen LogP contribution in [0.4, 0.5) is 0 Å². The minimum Gasteiger partial charge on any atom is -0.508 e. The highest BCUT2D eigenvalue weighted by molar-refractivity contribution is 5.94. The molecule has 0 radical (unpaired) electrons. The zero-order valence-electron chi connectivity index (χ0n) is 18.6. The maximum absolute atomic E-state index is 13.1. The van der Waals surface area contributed by atoms with Gasteiger partial charge in [0.1, 0.15) is 23.9 Å². The van der Waals surface area contributed by atoms with Gasteiger partial charge in [0.15, 0.2) is 0 Å². The van der Waals surface area contributed by atoms with Gasteiger partial charge in [0, 0.05) is 6.42 Å². The fourth-order valence-corrected chi connectivity index (χ4v) is 3.41. The fourth-order valence-electron chi connectivity index (χ4n) is 3.41. The van der Waals surface area contributed by atoms with Crippen LogP contribution in [0.2, 0.25) is 0 Å². The van der Waals surface area contributed by atoms with Crippen LogP contribution in [0.3, 0.4) is 0 Å². The van der Waals surface area contributed by atoms with Crippen molar-refractivity contribution in [3.8, 4) is 5.75 Å². The highest BCUT2D eigenvalue weighted by Crippen LogP contribution is 2.13. The van der Waals surface area contributed by atoms with Gasteiger partial charge in [0.2, 0.25) is 17.7 Å². The molecule has 0 saturated carbocycles. The number of carbonyl (C=O) groups is 4. The van der Waals surface area contributed by atoms with Crippen LogP contribution in [0, 0.1) is 5.92 Å². The second-order valence-corrected chi connectivity index (χ2v) is 8.38. The predicted molar refractivity (Wildman–Crippen MR) is 117 cm³/mol. The number of benzene rings is 1. The Morgan fingerprint density at radius 2 is 1.69 bits per heavy atom. The number of carbonyl (C=O) groups excluding carboxylic acids is 3. The second kappa shape index (κ2) is 11.5. The Bertz CT molecular complexity index is 820. The zero-order chi connectivity index (χ0) is 23.8. The minimum atomic E-state index is -1.19. The van der Waals surface area contributed by atoms with Gasteiger partial charge in [0.25, 0.3) is 0 Å². The van der Waals surface area contributed by atoms with Gasteiger partial charge in [-0.3, -0.25) is 19.2 Å². The maximum atomic E-state index is 13.1. The van der Waals surface area contributed by atoms with Gasteiger partial charge in [-0.05, 0) is 49.9 Å². The summed E-state index contributed by atoms with van der Waals surface area (Å²) >= 11 is 0. The molecule has 1 aliphatic rings. The Kier molecular flexibility index (Phi) is 9.01. The molecule has 1 aromatic carbocycles. The van der Waals surface area contributed by atoms with Crippen LogP contribution in [-0.2, 0) is 25.6 Å². The molecule has 176 valence electrons. The van der Waals surface area contributed by atoms with Crippen molar-refractivity contribution in [2.45, 2.75) is 64.2 Å². The van der Waals surface area contributed by atoms with Crippen molar-refractivity contribution in [2.24, 2.45) is 5.92 Å². The predicted octanol–water partition coefficient (Wildman–Crippen LogP) is -0.0984. The Balaban J connectivity index is 2.16. The third-order valence-corrected chi connectivity index (χ3v) is 5.36. The van der Waals surface area contributed by atoms with E-state index in [4.69, 9.17) is 5.11 Å². The summed E-state index contributed by atoms with van der Waals surface area (Å²) in [6.07, 6.45) is 1.69. The highest BCUT2D eigenvalue weighted by atomic mass is 16.4. The largest absolute Gasteiger partial charge is 0.508 e. The van der Waals surface area contributed by atoms with E-state index in [-0.39, 0.29) is 30.0 Å². The van der Waals surface area contributed by atoms with Gasteiger partial charge >= 0.3 is 5.97 Å². The lowest BCUT2D eigenvalue weighted by Gasteiger charge is -2.26. The van der Waals surface area contributed by atoms with E-state index in [9.17, 15) is 24.3 Å². The van der Waals surface area contributed by atoms with Crippen LogP contribution in [0.25, 0.3) is 0 Å². The van der Waals surface area contributed by atoms with E-state index in [1.54, 1.807) is 26.0 Å². The van der Waals surface area contributed by atoms with Gasteiger partial charge in [0.05, 0.1) is 6.04 Å². The summed E-state index contributed by atoms with van der Waals surface area (Å²) in [7, 11) is 0. The molecule has 0 spiro atoms. The third kappa shape index (κ3) is 7.23. The molecule has 6 N–H and O–H groups in total. The number of aromatic hydroxyl groups is 1. The standard InChI is InChI=1S/C22H32N4O6/c1-12(2)18(21(30)24-13(3)22(31)32)26-20(29)17(11-14-6-8-15(27)9-7-14)25-19(28)16-5-4-10-23-16/h6-9,12-13,16-18,23,27H,4-5,10-11H2,1-3H3,(H,24,30)(H,25,28)(H,26,29)(H,31,32). The van der Waals surface area contributed by atoms with E-state index >= 15 is 0 Å². The first-order chi connectivity index (χ1) is 15.1. The summed E-state index contributed by atoms with van der Waals surface area (Å²) in [5, 5.41) is 29.4. The van der Waals surface area contributed by atoms with Gasteiger partial charge in [-0.2, -0.15) is 0 Å². The average Bonchev–Trinajstić information content (AvgIpc) is 3.27. The molecular formula is C22H32N4O6. The van der Waals surface area contributed by atoms with Crippen molar-refractivity contribution in [1.29, 1.82) is 0 Å². The molecule has 0 aromatic heterocycles. The summed E-state index contributed by atoms with van der Waals surface area (Å²) < 4.78 is 0. The van der Waals surface area contributed by atoms with Crippen molar-refractivity contribution in [3.05, 3.63) is 29.8 Å². The molecule has 10 heteroatoms. The van der Waals surface area contributed by atoms with E-state index in [2.05, 4.69) is 21.3 Å². The number of hydrogen-bond acceptors (Lipinski definition) is 6. The number of rotatable bonds is 10. The van der Waals surface area contributed by atoms with Crippen LogP contribution in [-0.4, -0.2) is 64.6 Å². The maximum Gasteiger partial charge on any atom is 0.325 e. The Labute approximate surface area is 187 Å². The number of aliphatic carboxylic acids is 1. The monoisotopic (exact) mass is 448 g/mol. The van der Waals surface area contributed by atoms with Crippen LogP contribution in [0.15, 0.2) is 24.3 Å². The number of phenolic OH excluding ortho intramolecular Hbond substituents is 1. The number of carboxylic acid groups (broad SMARTS) is 1. The second-order valence-electron chi connectivity index (χ2n) is 8.38. The molecular weight excluding hydrogens is 416 g/mol. The topological polar surface area (TPSA) is 157 Å². The molecule has 1 heterocycles. The summed E-state index contributed by atoms with van der Waals surface area (Å²) in [5.74, 6) is -2.89. The SMILES string of the molecule is CC(NC(=O)C(NC(=O)C(Cc1ccc(O)cc1)NC(=O)C1CCCN1)C(C)C)C(=O)O. The Morgan fingerprint density at radius 3 is 2.22 bits per heavy atom. The van der Waals surface area contributed by atoms with E-state index < -0.39 is 35.9 Å². The minimum absolute atomic E-state index is 0.0815. The highest BCUT2D eigenvalue weighted by Gasteiger charge is 2.32. The summed E-state index contributed by atoms with van der Waals surface area (Å²) in [4.78, 5) is 49.4. The van der Waals surface area contributed by atoms with E-state index in [0.29, 0.717) is 12.0 Å². The van der Waals surface area contributed by atoms with Crippen molar-refractivity contribution in [2.75, 3.05) is 6.54 Å². The summed E-state index contributed by atoms with van der Waals surface area (Å²) in [6, 6.07) is 2.85. The fraction of sp³-hybridized carbons (Fsp3) is 0.545. The molecule has 4 unspecified atom stereocenters. The molecule has 4 atom stereocenters. The third-order valence-electron chi connectivity index (χ3n) is 5.36. The molecule has 2 rings (SSSR count). The molecule has 1 aromatic rings. The van der Waals surface area contributed by atoms with Gasteiger partial charge in [-0.15, -0.1) is 0 Å². The van der Waals surface area contributed by atoms with Crippen molar-refractivity contribution in [1.82, 2.24) is 21.3 Å². The molecule has 0 aliphatic carbocycles. The number of carboxylic acids is 1. The van der Waals surface area contributed by atoms with E-state index in [1.165, 1.54) is 19.1 Å². The van der Waals surface area contributed by atoms with E-state index in [1.807, 2.05) is 0 Å². The number of hydrogen-bond donors (Lipinski definition) is 6. The molecule has 0 bridgehead atoms. The van der Waals surface area contributed by atoms with Gasteiger partial charge < -0.3 is 31.5 Å². The molecule has 1 saturated heterocycles. The van der Waals surface area contributed by atoms with E-state index in [0.717, 1.165) is 13.0 Å². The van der Waals surface area contributed by atoms with Crippen LogP contribution >= 0.6 is 0 Å². The summed E-state index contributed by atoms with van der Waals surface area (Å²) in [6.45, 7) is 5.52. The van der Waals surface area contributed by atoms with Crippen LogP contribution in [0.5, 0.6) is 5.75 Å². The lowest BCUT2D eigenvalue weighted by atomic mass is 10.0. The number of phenols is 1. The summed E-state index contributed by atoms with van der Waals surface area (Å²) in [5.41, 5.74) is 0.715. The Hall–Kier alpha value is -3.14. The first kappa shape index (κ1) is 25.1. The zero-order valence-corrected chi connectivity index (χ0v) is 18.6. The normalized spacial score (nSPS) is 18.4. The molecule has 3 amide bonds. The molecule has 1 fully saturated rings. The quantitative estimate of drug-likeness (QED) is 0.292. The lowest BCUT2D eigenvalue weighted by molar-refractivity contribution is -0.142. The van der Waals surface area contributed by atoms with Gasteiger partial charge in [-0.25, -0.2) is 0 Å². The van der Waals surface area contributed by atoms with Crippen molar-refractivity contribution in [3.63, 3.8) is 0 Å². The van der Waals surface area contributed by atoms with Gasteiger partial charge in [-0.1, -0.05) is 26.0 Å². The smallest absolute Gasteiger partial charge is 0.325 e. The Morgan fingerprint density at radius 1 is 1.03 bits per heavy atom. The van der Waals surface area contributed by atoms with Crippen molar-refractivity contribution >= 4 is 23.7 Å². The first-order valence-electron chi connectivity index (χ1n) is 10.7. The molecule has 1 aliphatic heterocycles. The van der Waals surface area contributed by atoms with Crippen LogP contribution in [0.1, 0.15) is 39.2 Å².